The average Bonchev–Trinajstić information content (AvgIpc) is 2.69. The third kappa shape index (κ3) is 4.19. The Morgan fingerprint density at radius 1 is 1.20 bits per heavy atom. The molecule has 0 atom stereocenters. The summed E-state index contributed by atoms with van der Waals surface area (Å²) in [6.45, 7) is 8.31. The van der Waals surface area contributed by atoms with Gasteiger partial charge in [0.05, 0.1) is 5.69 Å². The maximum atomic E-state index is 6.05. The van der Waals surface area contributed by atoms with Crippen molar-refractivity contribution in [1.29, 1.82) is 0 Å². The summed E-state index contributed by atoms with van der Waals surface area (Å²) >= 11 is 13.8. The lowest BCUT2D eigenvalue weighted by Crippen LogP contribution is -2.18. The van der Waals surface area contributed by atoms with Gasteiger partial charge in [-0.25, -0.2) is 4.98 Å². The molecule has 0 aliphatic rings. The molecule has 0 spiro atoms. The van der Waals surface area contributed by atoms with E-state index >= 15 is 0 Å². The lowest BCUT2D eigenvalue weighted by molar-refractivity contribution is 0.554. The van der Waals surface area contributed by atoms with Crippen molar-refractivity contribution in [3.8, 4) is 10.6 Å². The number of nitrogens with one attached hydrogen (secondary N) is 1. The Balaban J connectivity index is 2.17. The van der Waals surface area contributed by atoms with Crippen LogP contribution in [0.5, 0.6) is 0 Å². The standard InChI is InChI=1S/C15H18Cl2N2S/c1-9(2)7-18-8-14-10(3)19-15(20-14)11-4-12(16)6-13(17)5-11/h4-6,9,18H,7-8H2,1-3H3. The van der Waals surface area contributed by atoms with Crippen LogP contribution in [0, 0.1) is 12.8 Å². The van der Waals surface area contributed by atoms with Crippen LogP contribution in [0.2, 0.25) is 10.0 Å². The first-order chi connectivity index (χ1) is 9.45. The molecule has 0 aliphatic heterocycles. The molecule has 0 unspecified atom stereocenters. The lowest BCUT2D eigenvalue weighted by atomic mass is 10.2. The molecule has 0 amide bonds. The zero-order valence-corrected chi connectivity index (χ0v) is 14.2. The molecule has 0 radical (unpaired) electrons. The molecule has 2 aromatic rings. The Hall–Kier alpha value is -0.610. The van der Waals surface area contributed by atoms with Crippen molar-refractivity contribution < 1.29 is 0 Å². The van der Waals surface area contributed by atoms with Gasteiger partial charge < -0.3 is 5.32 Å². The van der Waals surface area contributed by atoms with E-state index in [1.165, 1.54) is 4.88 Å². The van der Waals surface area contributed by atoms with E-state index in [0.717, 1.165) is 29.4 Å². The molecule has 1 aromatic carbocycles. The third-order valence-corrected chi connectivity index (χ3v) is 4.48. The number of benzene rings is 1. The van der Waals surface area contributed by atoms with Gasteiger partial charge in [0.1, 0.15) is 5.01 Å². The first kappa shape index (κ1) is 15.8. The smallest absolute Gasteiger partial charge is 0.124 e. The molecule has 2 nitrogen and oxygen atoms in total. The van der Waals surface area contributed by atoms with Gasteiger partial charge in [-0.15, -0.1) is 11.3 Å². The third-order valence-electron chi connectivity index (χ3n) is 2.84. The van der Waals surface area contributed by atoms with Gasteiger partial charge in [-0.2, -0.15) is 0 Å². The van der Waals surface area contributed by atoms with Crippen molar-refractivity contribution >= 4 is 34.5 Å². The van der Waals surface area contributed by atoms with E-state index in [9.17, 15) is 0 Å². The summed E-state index contributed by atoms with van der Waals surface area (Å²) < 4.78 is 0. The largest absolute Gasteiger partial charge is 0.312 e. The minimum atomic E-state index is 0.639. The minimum Gasteiger partial charge on any atom is -0.312 e. The van der Waals surface area contributed by atoms with E-state index < -0.39 is 0 Å². The second-order valence-corrected chi connectivity index (χ2v) is 7.17. The fourth-order valence-corrected chi connectivity index (χ4v) is 3.41. The number of halogens is 2. The summed E-state index contributed by atoms with van der Waals surface area (Å²) in [5.41, 5.74) is 2.04. The molecule has 108 valence electrons. The highest BCUT2D eigenvalue weighted by molar-refractivity contribution is 7.15. The van der Waals surface area contributed by atoms with Gasteiger partial charge in [-0.1, -0.05) is 37.0 Å². The predicted molar refractivity (Wildman–Crippen MR) is 88.9 cm³/mol. The van der Waals surface area contributed by atoms with Crippen molar-refractivity contribution in [2.24, 2.45) is 5.92 Å². The second-order valence-electron chi connectivity index (χ2n) is 5.21. The van der Waals surface area contributed by atoms with Gasteiger partial charge in [0, 0.05) is 27.0 Å². The number of thiazole rings is 1. The van der Waals surface area contributed by atoms with Gasteiger partial charge in [0.2, 0.25) is 0 Å². The van der Waals surface area contributed by atoms with E-state index in [-0.39, 0.29) is 0 Å². The monoisotopic (exact) mass is 328 g/mol. The summed E-state index contributed by atoms with van der Waals surface area (Å²) in [5.74, 6) is 0.648. The second kappa shape index (κ2) is 6.90. The van der Waals surface area contributed by atoms with Crippen LogP contribution in [0.25, 0.3) is 10.6 Å². The van der Waals surface area contributed by atoms with Crippen molar-refractivity contribution in [3.63, 3.8) is 0 Å². The highest BCUT2D eigenvalue weighted by atomic mass is 35.5. The van der Waals surface area contributed by atoms with Crippen LogP contribution >= 0.6 is 34.5 Å². The van der Waals surface area contributed by atoms with Crippen LogP contribution in [-0.4, -0.2) is 11.5 Å². The van der Waals surface area contributed by atoms with Crippen LogP contribution in [0.1, 0.15) is 24.4 Å². The number of aryl methyl sites for hydroxylation is 1. The van der Waals surface area contributed by atoms with Gasteiger partial charge >= 0.3 is 0 Å². The number of nitrogens with zero attached hydrogens (tertiary/aromatic N) is 1. The molecule has 20 heavy (non-hydrogen) atoms. The number of aromatic nitrogens is 1. The SMILES string of the molecule is Cc1nc(-c2cc(Cl)cc(Cl)c2)sc1CNCC(C)C. The highest BCUT2D eigenvalue weighted by Gasteiger charge is 2.10. The van der Waals surface area contributed by atoms with Gasteiger partial charge in [0.15, 0.2) is 0 Å². The van der Waals surface area contributed by atoms with Gasteiger partial charge in [0.25, 0.3) is 0 Å². The zero-order valence-electron chi connectivity index (χ0n) is 11.8. The van der Waals surface area contributed by atoms with E-state index in [4.69, 9.17) is 23.2 Å². The van der Waals surface area contributed by atoms with Gasteiger partial charge in [-0.05, 0) is 37.6 Å². The number of hydrogen-bond acceptors (Lipinski definition) is 3. The molecule has 0 fully saturated rings. The van der Waals surface area contributed by atoms with Gasteiger partial charge in [-0.3, -0.25) is 0 Å². The molecular formula is C15H18Cl2N2S. The average molecular weight is 329 g/mol. The maximum Gasteiger partial charge on any atom is 0.124 e. The summed E-state index contributed by atoms with van der Waals surface area (Å²) in [5, 5.41) is 5.69. The normalized spacial score (nSPS) is 11.3. The van der Waals surface area contributed by atoms with Crippen molar-refractivity contribution in [3.05, 3.63) is 38.8 Å². The van der Waals surface area contributed by atoms with Crippen LogP contribution in [0.3, 0.4) is 0 Å². The van der Waals surface area contributed by atoms with Crippen molar-refractivity contribution in [1.82, 2.24) is 10.3 Å². The first-order valence-corrected chi connectivity index (χ1v) is 8.16. The fraction of sp³-hybridized carbons (Fsp3) is 0.400. The van der Waals surface area contributed by atoms with E-state index in [1.54, 1.807) is 17.4 Å². The Morgan fingerprint density at radius 2 is 1.85 bits per heavy atom. The molecule has 0 saturated carbocycles. The molecule has 5 heteroatoms. The zero-order chi connectivity index (χ0) is 14.7. The van der Waals surface area contributed by atoms with Crippen LogP contribution < -0.4 is 5.32 Å². The summed E-state index contributed by atoms with van der Waals surface area (Å²) in [7, 11) is 0. The molecule has 0 saturated heterocycles. The Morgan fingerprint density at radius 3 is 2.45 bits per heavy atom. The number of rotatable bonds is 5. The first-order valence-electron chi connectivity index (χ1n) is 6.59. The quantitative estimate of drug-likeness (QED) is 0.818. The molecule has 1 aromatic heterocycles. The summed E-state index contributed by atoms with van der Waals surface area (Å²) in [6.07, 6.45) is 0. The summed E-state index contributed by atoms with van der Waals surface area (Å²) in [6, 6.07) is 5.53. The van der Waals surface area contributed by atoms with Crippen molar-refractivity contribution in [2.45, 2.75) is 27.3 Å². The molecule has 1 heterocycles. The number of hydrogen-bond donors (Lipinski definition) is 1. The fourth-order valence-electron chi connectivity index (χ4n) is 1.87. The Labute approximate surface area is 134 Å². The van der Waals surface area contributed by atoms with E-state index in [0.29, 0.717) is 16.0 Å². The predicted octanol–water partition coefficient (Wildman–Crippen LogP) is 5.17. The molecular weight excluding hydrogens is 311 g/mol. The summed E-state index contributed by atoms with van der Waals surface area (Å²) in [4.78, 5) is 5.88. The molecule has 1 N–H and O–H groups in total. The topological polar surface area (TPSA) is 24.9 Å². The highest BCUT2D eigenvalue weighted by Crippen LogP contribution is 2.31. The molecule has 0 bridgehead atoms. The molecule has 0 aliphatic carbocycles. The van der Waals surface area contributed by atoms with E-state index in [2.05, 4.69) is 24.1 Å². The van der Waals surface area contributed by atoms with Crippen LogP contribution in [-0.2, 0) is 6.54 Å². The minimum absolute atomic E-state index is 0.639. The molecule has 2 rings (SSSR count). The Kier molecular flexibility index (Phi) is 5.44. The van der Waals surface area contributed by atoms with E-state index in [1.807, 2.05) is 19.1 Å². The van der Waals surface area contributed by atoms with Crippen LogP contribution in [0.15, 0.2) is 18.2 Å². The van der Waals surface area contributed by atoms with Crippen LogP contribution in [0.4, 0.5) is 0 Å². The van der Waals surface area contributed by atoms with Crippen molar-refractivity contribution in [2.75, 3.05) is 6.54 Å². The Bertz CT molecular complexity index is 573. The maximum absolute atomic E-state index is 6.05. The lowest BCUT2D eigenvalue weighted by Gasteiger charge is -2.05.